The topological polar surface area (TPSA) is 22.1 Å². The third-order valence-electron chi connectivity index (χ3n) is 2.30. The van der Waals surface area contributed by atoms with Crippen LogP contribution in [0.2, 0.25) is 0 Å². The lowest BCUT2D eigenvalue weighted by Crippen LogP contribution is -2.07. The molecule has 2 atom stereocenters. The van der Waals surface area contributed by atoms with E-state index in [9.17, 15) is 0 Å². The molecule has 1 fully saturated rings. The third kappa shape index (κ3) is 2.20. The summed E-state index contributed by atoms with van der Waals surface area (Å²) in [7, 11) is 0. The number of aromatic nitrogens is 1. The molecule has 3 heteroatoms. The molecule has 1 aromatic heterocycles. The van der Waals surface area contributed by atoms with Gasteiger partial charge in [-0.2, -0.15) is 0 Å². The van der Waals surface area contributed by atoms with Crippen LogP contribution in [-0.4, -0.2) is 15.5 Å². The maximum absolute atomic E-state index is 5.83. The Morgan fingerprint density at radius 2 is 2.38 bits per heavy atom. The van der Waals surface area contributed by atoms with Crippen molar-refractivity contribution in [1.82, 2.24) is 4.98 Å². The van der Waals surface area contributed by atoms with E-state index in [0.717, 1.165) is 16.5 Å². The van der Waals surface area contributed by atoms with Crippen LogP contribution in [0.4, 0.5) is 0 Å². The highest BCUT2D eigenvalue weighted by atomic mass is 127. The number of pyridine rings is 1. The van der Waals surface area contributed by atoms with Crippen LogP contribution >= 0.6 is 22.6 Å². The van der Waals surface area contributed by atoms with Crippen molar-refractivity contribution in [3.63, 3.8) is 0 Å². The number of alkyl halides is 1. The van der Waals surface area contributed by atoms with E-state index in [1.807, 2.05) is 24.4 Å². The Morgan fingerprint density at radius 3 is 3.00 bits per heavy atom. The van der Waals surface area contributed by atoms with Crippen molar-refractivity contribution in [2.75, 3.05) is 4.43 Å². The summed E-state index contributed by atoms with van der Waals surface area (Å²) >= 11 is 2.37. The van der Waals surface area contributed by atoms with Crippen LogP contribution in [0.3, 0.4) is 0 Å². The predicted octanol–water partition coefficient (Wildman–Crippen LogP) is 2.74. The number of hydrogen-bond acceptors (Lipinski definition) is 2. The van der Waals surface area contributed by atoms with Crippen LogP contribution in [0.25, 0.3) is 0 Å². The van der Waals surface area contributed by atoms with Gasteiger partial charge in [0.25, 0.3) is 0 Å². The van der Waals surface area contributed by atoms with Gasteiger partial charge in [0.2, 0.25) is 0 Å². The minimum absolute atomic E-state index is 0.237. The maximum Gasteiger partial charge on any atom is 0.0999 e. The van der Waals surface area contributed by atoms with Gasteiger partial charge in [0, 0.05) is 10.6 Å². The van der Waals surface area contributed by atoms with Gasteiger partial charge in [-0.1, -0.05) is 28.7 Å². The van der Waals surface area contributed by atoms with Crippen molar-refractivity contribution in [3.05, 3.63) is 30.1 Å². The Kier molecular flexibility index (Phi) is 3.16. The van der Waals surface area contributed by atoms with E-state index in [1.54, 1.807) is 0 Å². The molecule has 2 unspecified atom stereocenters. The Hall–Kier alpha value is -0.160. The lowest BCUT2D eigenvalue weighted by atomic mass is 10.1. The minimum atomic E-state index is 0.237. The lowest BCUT2D eigenvalue weighted by molar-refractivity contribution is 0.0572. The average molecular weight is 289 g/mol. The van der Waals surface area contributed by atoms with E-state index in [1.165, 1.54) is 6.42 Å². The molecule has 2 nitrogen and oxygen atoms in total. The molecule has 0 N–H and O–H groups in total. The molecule has 1 aliphatic heterocycles. The minimum Gasteiger partial charge on any atom is -0.368 e. The Balaban J connectivity index is 2.04. The molecular weight excluding hydrogens is 277 g/mol. The van der Waals surface area contributed by atoms with E-state index in [4.69, 9.17) is 4.74 Å². The SMILES string of the molecule is ICC1CCC(c2ccccn2)O1. The Bertz CT molecular complexity index is 265. The largest absolute Gasteiger partial charge is 0.368 e. The highest BCUT2D eigenvalue weighted by Gasteiger charge is 2.25. The molecule has 0 spiro atoms. The zero-order valence-corrected chi connectivity index (χ0v) is 9.48. The first-order valence-electron chi connectivity index (χ1n) is 4.52. The summed E-state index contributed by atoms with van der Waals surface area (Å²) in [5, 5.41) is 0. The van der Waals surface area contributed by atoms with Gasteiger partial charge in [-0.25, -0.2) is 0 Å². The summed E-state index contributed by atoms with van der Waals surface area (Å²) in [6.07, 6.45) is 4.79. The lowest BCUT2D eigenvalue weighted by Gasteiger charge is -2.10. The maximum atomic E-state index is 5.83. The van der Waals surface area contributed by atoms with Crippen molar-refractivity contribution in [2.24, 2.45) is 0 Å². The average Bonchev–Trinajstić information content (AvgIpc) is 2.67. The fourth-order valence-corrected chi connectivity index (χ4v) is 2.25. The second-order valence-electron chi connectivity index (χ2n) is 3.23. The molecule has 2 heterocycles. The number of ether oxygens (including phenoxy) is 1. The fourth-order valence-electron chi connectivity index (χ4n) is 1.60. The molecule has 0 radical (unpaired) electrons. The van der Waals surface area contributed by atoms with Crippen LogP contribution in [0.5, 0.6) is 0 Å². The molecule has 0 aromatic carbocycles. The smallest absolute Gasteiger partial charge is 0.0999 e. The first-order valence-corrected chi connectivity index (χ1v) is 6.05. The first-order chi connectivity index (χ1) is 6.40. The van der Waals surface area contributed by atoms with Gasteiger partial charge < -0.3 is 4.74 Å². The molecular formula is C10H12INO. The van der Waals surface area contributed by atoms with E-state index < -0.39 is 0 Å². The van der Waals surface area contributed by atoms with Gasteiger partial charge >= 0.3 is 0 Å². The summed E-state index contributed by atoms with van der Waals surface area (Å²) in [4.78, 5) is 4.30. The summed E-state index contributed by atoms with van der Waals surface area (Å²) in [5.74, 6) is 0. The highest BCUT2D eigenvalue weighted by Crippen LogP contribution is 2.31. The van der Waals surface area contributed by atoms with Crippen LogP contribution < -0.4 is 0 Å². The molecule has 70 valence electrons. The normalized spacial score (nSPS) is 27.8. The van der Waals surface area contributed by atoms with Gasteiger partial charge in [-0.3, -0.25) is 4.98 Å². The van der Waals surface area contributed by atoms with E-state index >= 15 is 0 Å². The molecule has 0 saturated carbocycles. The quantitative estimate of drug-likeness (QED) is 0.617. The summed E-state index contributed by atoms with van der Waals surface area (Å²) < 4.78 is 6.91. The van der Waals surface area contributed by atoms with E-state index in [0.29, 0.717) is 6.10 Å². The van der Waals surface area contributed by atoms with Crippen molar-refractivity contribution in [3.8, 4) is 0 Å². The Labute approximate surface area is 91.8 Å². The van der Waals surface area contributed by atoms with Crippen molar-refractivity contribution in [2.45, 2.75) is 25.0 Å². The van der Waals surface area contributed by atoms with Gasteiger partial charge in [-0.05, 0) is 25.0 Å². The zero-order valence-electron chi connectivity index (χ0n) is 7.32. The monoisotopic (exact) mass is 289 g/mol. The Morgan fingerprint density at radius 1 is 1.46 bits per heavy atom. The van der Waals surface area contributed by atoms with Crippen molar-refractivity contribution >= 4 is 22.6 Å². The predicted molar refractivity (Wildman–Crippen MR) is 60.0 cm³/mol. The fraction of sp³-hybridized carbons (Fsp3) is 0.500. The standard InChI is InChI=1S/C10H12INO/c11-7-8-4-5-10(13-8)9-3-1-2-6-12-9/h1-3,6,8,10H,4-5,7H2. The second kappa shape index (κ2) is 4.37. The van der Waals surface area contributed by atoms with Gasteiger partial charge in [0.15, 0.2) is 0 Å². The molecule has 0 amide bonds. The first kappa shape index (κ1) is 9.40. The molecule has 1 aromatic rings. The third-order valence-corrected chi connectivity index (χ3v) is 3.28. The summed E-state index contributed by atoms with van der Waals surface area (Å²) in [6.45, 7) is 0. The van der Waals surface area contributed by atoms with E-state index in [-0.39, 0.29) is 6.10 Å². The number of hydrogen-bond donors (Lipinski definition) is 0. The van der Waals surface area contributed by atoms with Crippen molar-refractivity contribution < 1.29 is 4.74 Å². The molecule has 2 rings (SSSR count). The number of halogens is 1. The summed E-state index contributed by atoms with van der Waals surface area (Å²) in [6, 6.07) is 6.00. The van der Waals surface area contributed by atoms with Crippen LogP contribution in [-0.2, 0) is 4.74 Å². The molecule has 0 aliphatic carbocycles. The van der Waals surface area contributed by atoms with Gasteiger partial charge in [0.05, 0.1) is 17.9 Å². The van der Waals surface area contributed by atoms with E-state index in [2.05, 4.69) is 27.6 Å². The number of rotatable bonds is 2. The number of nitrogens with zero attached hydrogens (tertiary/aromatic N) is 1. The molecule has 1 saturated heterocycles. The summed E-state index contributed by atoms with van der Waals surface area (Å²) in [5.41, 5.74) is 1.08. The molecule has 1 aliphatic rings. The van der Waals surface area contributed by atoms with Gasteiger partial charge in [-0.15, -0.1) is 0 Å². The zero-order chi connectivity index (χ0) is 9.10. The highest BCUT2D eigenvalue weighted by molar-refractivity contribution is 14.1. The molecule has 0 bridgehead atoms. The van der Waals surface area contributed by atoms with Crippen LogP contribution in [0.1, 0.15) is 24.6 Å². The van der Waals surface area contributed by atoms with Crippen LogP contribution in [0.15, 0.2) is 24.4 Å². The van der Waals surface area contributed by atoms with Crippen molar-refractivity contribution in [1.29, 1.82) is 0 Å². The second-order valence-corrected chi connectivity index (χ2v) is 4.11. The van der Waals surface area contributed by atoms with Crippen LogP contribution in [0, 0.1) is 0 Å². The van der Waals surface area contributed by atoms with Gasteiger partial charge in [0.1, 0.15) is 0 Å². The molecule has 13 heavy (non-hydrogen) atoms.